The molecular formula is C13H19N3O. The van der Waals surface area contributed by atoms with Gasteiger partial charge in [-0.2, -0.15) is 0 Å². The Hall–Kier alpha value is -1.42. The molecule has 1 saturated heterocycles. The van der Waals surface area contributed by atoms with Gasteiger partial charge in [0.05, 0.1) is 17.7 Å². The summed E-state index contributed by atoms with van der Waals surface area (Å²) in [6.45, 7) is 3.79. The van der Waals surface area contributed by atoms with Gasteiger partial charge in [-0.05, 0) is 38.4 Å². The van der Waals surface area contributed by atoms with Crippen molar-refractivity contribution in [3.05, 3.63) is 30.1 Å². The van der Waals surface area contributed by atoms with Gasteiger partial charge in [0.25, 0.3) is 0 Å². The zero-order chi connectivity index (χ0) is 12.1. The molecule has 4 heteroatoms. The number of piperidine rings is 1. The highest BCUT2D eigenvalue weighted by molar-refractivity contribution is 5.79. The Morgan fingerprint density at radius 2 is 2.47 bits per heavy atom. The second-order valence-corrected chi connectivity index (χ2v) is 4.53. The molecule has 1 fully saturated rings. The number of hydrogen-bond acceptors (Lipinski definition) is 3. The van der Waals surface area contributed by atoms with E-state index < -0.39 is 0 Å². The predicted molar refractivity (Wildman–Crippen MR) is 66.4 cm³/mol. The minimum absolute atomic E-state index is 0.0226. The Balaban J connectivity index is 1.89. The molecule has 1 aromatic rings. The number of nitrogens with one attached hydrogen (secondary N) is 2. The first-order valence-corrected chi connectivity index (χ1v) is 6.19. The lowest BCUT2D eigenvalue weighted by atomic mass is 9.98. The predicted octanol–water partition coefficient (Wildman–Crippen LogP) is 1.26. The Bertz CT molecular complexity index is 360. The first-order valence-electron chi connectivity index (χ1n) is 6.19. The van der Waals surface area contributed by atoms with Crippen LogP contribution in [-0.4, -0.2) is 24.0 Å². The van der Waals surface area contributed by atoms with Crippen molar-refractivity contribution < 1.29 is 4.79 Å². The number of amides is 1. The van der Waals surface area contributed by atoms with Crippen molar-refractivity contribution in [2.45, 2.75) is 25.8 Å². The quantitative estimate of drug-likeness (QED) is 0.826. The minimum atomic E-state index is -0.0226. The van der Waals surface area contributed by atoms with Crippen LogP contribution in [0.1, 0.15) is 31.5 Å². The first kappa shape index (κ1) is 12.0. The van der Waals surface area contributed by atoms with Crippen LogP contribution < -0.4 is 10.6 Å². The summed E-state index contributed by atoms with van der Waals surface area (Å²) >= 11 is 0. The van der Waals surface area contributed by atoms with Crippen LogP contribution in [0.2, 0.25) is 0 Å². The van der Waals surface area contributed by atoms with Crippen LogP contribution in [0.15, 0.2) is 24.4 Å². The zero-order valence-corrected chi connectivity index (χ0v) is 10.1. The van der Waals surface area contributed by atoms with Crippen molar-refractivity contribution in [1.82, 2.24) is 15.6 Å². The summed E-state index contributed by atoms with van der Waals surface area (Å²) in [5.74, 6) is 0.241. The van der Waals surface area contributed by atoms with E-state index in [1.165, 1.54) is 0 Å². The van der Waals surface area contributed by atoms with Crippen molar-refractivity contribution >= 4 is 5.91 Å². The van der Waals surface area contributed by atoms with Crippen molar-refractivity contribution in [2.24, 2.45) is 5.92 Å². The van der Waals surface area contributed by atoms with Gasteiger partial charge in [-0.15, -0.1) is 0 Å². The molecule has 1 aliphatic rings. The molecular weight excluding hydrogens is 214 g/mol. The van der Waals surface area contributed by atoms with E-state index >= 15 is 0 Å². The van der Waals surface area contributed by atoms with Gasteiger partial charge in [0.15, 0.2) is 0 Å². The van der Waals surface area contributed by atoms with E-state index in [4.69, 9.17) is 0 Å². The average molecular weight is 233 g/mol. The third-order valence-electron chi connectivity index (χ3n) is 3.16. The SMILES string of the molecule is CC(NC(=O)C1CCCNC1)c1ccccn1. The lowest BCUT2D eigenvalue weighted by molar-refractivity contribution is -0.126. The largest absolute Gasteiger partial charge is 0.348 e. The molecule has 2 heterocycles. The van der Waals surface area contributed by atoms with Crippen LogP contribution in [0.25, 0.3) is 0 Å². The summed E-state index contributed by atoms with van der Waals surface area (Å²) in [5, 5.41) is 6.28. The molecule has 2 rings (SSSR count). The van der Waals surface area contributed by atoms with Gasteiger partial charge in [0.1, 0.15) is 0 Å². The van der Waals surface area contributed by atoms with E-state index in [1.54, 1.807) is 6.20 Å². The van der Waals surface area contributed by atoms with E-state index in [2.05, 4.69) is 15.6 Å². The van der Waals surface area contributed by atoms with Gasteiger partial charge >= 0.3 is 0 Å². The Morgan fingerprint density at radius 1 is 1.59 bits per heavy atom. The van der Waals surface area contributed by atoms with Crippen LogP contribution in [-0.2, 0) is 4.79 Å². The topological polar surface area (TPSA) is 54.0 Å². The molecule has 92 valence electrons. The standard InChI is InChI=1S/C13H19N3O/c1-10(12-6-2-3-8-15-12)16-13(17)11-5-4-7-14-9-11/h2-3,6,8,10-11,14H,4-5,7,9H2,1H3,(H,16,17). The average Bonchev–Trinajstić information content (AvgIpc) is 2.40. The first-order chi connectivity index (χ1) is 8.27. The van der Waals surface area contributed by atoms with Crippen LogP contribution in [0.3, 0.4) is 0 Å². The Labute approximate surface area is 102 Å². The minimum Gasteiger partial charge on any atom is -0.348 e. The Morgan fingerprint density at radius 3 is 3.12 bits per heavy atom. The number of nitrogens with zero attached hydrogens (tertiary/aromatic N) is 1. The zero-order valence-electron chi connectivity index (χ0n) is 10.1. The molecule has 17 heavy (non-hydrogen) atoms. The van der Waals surface area contributed by atoms with Crippen molar-refractivity contribution in [1.29, 1.82) is 0 Å². The molecule has 1 aliphatic heterocycles. The lowest BCUT2D eigenvalue weighted by Crippen LogP contribution is -2.41. The van der Waals surface area contributed by atoms with Crippen molar-refractivity contribution in [3.8, 4) is 0 Å². The third kappa shape index (κ3) is 3.27. The second kappa shape index (κ2) is 5.77. The van der Waals surface area contributed by atoms with E-state index in [9.17, 15) is 4.79 Å². The van der Waals surface area contributed by atoms with E-state index in [0.717, 1.165) is 31.6 Å². The van der Waals surface area contributed by atoms with E-state index in [-0.39, 0.29) is 17.9 Å². The van der Waals surface area contributed by atoms with Crippen LogP contribution >= 0.6 is 0 Å². The van der Waals surface area contributed by atoms with E-state index in [1.807, 2.05) is 25.1 Å². The summed E-state index contributed by atoms with van der Waals surface area (Å²) in [5.41, 5.74) is 0.907. The fraction of sp³-hybridized carbons (Fsp3) is 0.538. The number of rotatable bonds is 3. The van der Waals surface area contributed by atoms with Gasteiger partial charge < -0.3 is 10.6 Å². The van der Waals surface area contributed by atoms with E-state index in [0.29, 0.717) is 0 Å². The number of aromatic nitrogens is 1. The van der Waals surface area contributed by atoms with Gasteiger partial charge in [-0.3, -0.25) is 9.78 Å². The summed E-state index contributed by atoms with van der Waals surface area (Å²) in [4.78, 5) is 16.2. The van der Waals surface area contributed by atoms with Crippen LogP contribution in [0, 0.1) is 5.92 Å². The highest BCUT2D eigenvalue weighted by atomic mass is 16.2. The number of carbonyl (C=O) groups excluding carboxylic acids is 1. The van der Waals surface area contributed by atoms with Gasteiger partial charge in [-0.1, -0.05) is 6.07 Å². The molecule has 1 amide bonds. The molecule has 0 spiro atoms. The number of pyridine rings is 1. The molecule has 4 nitrogen and oxygen atoms in total. The van der Waals surface area contributed by atoms with Crippen molar-refractivity contribution in [3.63, 3.8) is 0 Å². The van der Waals surface area contributed by atoms with Crippen LogP contribution in [0.5, 0.6) is 0 Å². The molecule has 0 radical (unpaired) electrons. The smallest absolute Gasteiger partial charge is 0.224 e. The molecule has 2 unspecified atom stereocenters. The molecule has 0 aliphatic carbocycles. The highest BCUT2D eigenvalue weighted by Crippen LogP contribution is 2.13. The molecule has 0 aromatic carbocycles. The summed E-state index contributed by atoms with van der Waals surface area (Å²) in [7, 11) is 0. The second-order valence-electron chi connectivity index (χ2n) is 4.53. The monoisotopic (exact) mass is 233 g/mol. The van der Waals surface area contributed by atoms with Gasteiger partial charge in [0, 0.05) is 12.7 Å². The molecule has 0 saturated carbocycles. The molecule has 1 aromatic heterocycles. The van der Waals surface area contributed by atoms with Gasteiger partial charge in [-0.25, -0.2) is 0 Å². The molecule has 0 bridgehead atoms. The molecule has 2 N–H and O–H groups in total. The maximum Gasteiger partial charge on any atom is 0.224 e. The summed E-state index contributed by atoms with van der Waals surface area (Å²) in [6.07, 6.45) is 3.81. The lowest BCUT2D eigenvalue weighted by Gasteiger charge is -2.23. The fourth-order valence-corrected chi connectivity index (χ4v) is 2.11. The van der Waals surface area contributed by atoms with Crippen LogP contribution in [0.4, 0.5) is 0 Å². The summed E-state index contributed by atoms with van der Waals surface area (Å²) in [6, 6.07) is 5.73. The maximum atomic E-state index is 12.0. The third-order valence-corrected chi connectivity index (χ3v) is 3.16. The maximum absolute atomic E-state index is 12.0. The summed E-state index contributed by atoms with van der Waals surface area (Å²) < 4.78 is 0. The Kier molecular flexibility index (Phi) is 4.09. The fourth-order valence-electron chi connectivity index (χ4n) is 2.11. The number of carbonyl (C=O) groups is 1. The van der Waals surface area contributed by atoms with Crippen molar-refractivity contribution in [2.75, 3.05) is 13.1 Å². The highest BCUT2D eigenvalue weighted by Gasteiger charge is 2.22. The normalized spacial score (nSPS) is 21.8. The number of hydrogen-bond donors (Lipinski definition) is 2. The van der Waals surface area contributed by atoms with Gasteiger partial charge in [0.2, 0.25) is 5.91 Å². The molecule has 2 atom stereocenters.